The molecule has 0 aliphatic carbocycles. The Morgan fingerprint density at radius 1 is 1.10 bits per heavy atom. The number of amides is 1. The van der Waals surface area contributed by atoms with Crippen molar-refractivity contribution in [3.63, 3.8) is 0 Å². The van der Waals surface area contributed by atoms with E-state index < -0.39 is 35.4 Å². The number of carbonyl (C=O) groups is 2. The molecule has 2 aromatic carbocycles. The van der Waals surface area contributed by atoms with Crippen LogP contribution in [0.3, 0.4) is 0 Å². The van der Waals surface area contributed by atoms with Crippen LogP contribution in [0, 0.1) is 0 Å². The number of benzene rings is 2. The van der Waals surface area contributed by atoms with Crippen molar-refractivity contribution in [3.8, 4) is 5.75 Å². The Kier molecular flexibility index (Phi) is 5.17. The van der Waals surface area contributed by atoms with Gasteiger partial charge in [-0.05, 0) is 57.2 Å². The van der Waals surface area contributed by atoms with Crippen molar-refractivity contribution in [3.05, 3.63) is 64.7 Å². The van der Waals surface area contributed by atoms with E-state index in [-0.39, 0.29) is 11.3 Å². The second-order valence-corrected chi connectivity index (χ2v) is 7.49. The predicted molar refractivity (Wildman–Crippen MR) is 98.8 cm³/mol. The van der Waals surface area contributed by atoms with Gasteiger partial charge in [0.25, 0.3) is 5.91 Å². The molecule has 0 saturated heterocycles. The number of alkyl halides is 3. The van der Waals surface area contributed by atoms with Gasteiger partial charge in [-0.1, -0.05) is 6.07 Å². The van der Waals surface area contributed by atoms with E-state index in [9.17, 15) is 27.9 Å². The highest BCUT2D eigenvalue weighted by molar-refractivity contribution is 5.96. The molecule has 0 spiro atoms. The first-order chi connectivity index (χ1) is 13.4. The highest BCUT2D eigenvalue weighted by Gasteiger charge is 2.44. The summed E-state index contributed by atoms with van der Waals surface area (Å²) in [4.78, 5) is 24.4. The summed E-state index contributed by atoms with van der Waals surface area (Å²) in [5, 5.41) is 13.3. The van der Waals surface area contributed by atoms with Crippen LogP contribution in [-0.2, 0) is 6.18 Å². The first-order valence-corrected chi connectivity index (χ1v) is 8.90. The van der Waals surface area contributed by atoms with Gasteiger partial charge in [-0.25, -0.2) is 0 Å². The van der Waals surface area contributed by atoms with E-state index in [1.165, 1.54) is 19.1 Å². The molecule has 0 aromatic heterocycles. The van der Waals surface area contributed by atoms with Crippen LogP contribution in [-0.4, -0.2) is 28.5 Å². The molecule has 1 amide bonds. The standard InChI is InChI=1S/C21H20F3NO4/c1-11(26)12-7-8-16-15(10-12)17(18(27)20(2,3)29-16)25-19(28)13-5-4-6-14(9-13)21(22,23)24/h4-10,17-18,27H,1-3H3,(H,25,28)/t17-,18+/m1/s1. The number of carbonyl (C=O) groups excluding carboxylic acids is 2. The quantitative estimate of drug-likeness (QED) is 0.757. The molecule has 0 radical (unpaired) electrons. The van der Waals surface area contributed by atoms with Gasteiger partial charge < -0.3 is 15.2 Å². The number of Topliss-reactive ketones (excluding diaryl/α,β-unsaturated/α-hetero) is 1. The Morgan fingerprint density at radius 3 is 2.41 bits per heavy atom. The van der Waals surface area contributed by atoms with E-state index in [0.29, 0.717) is 16.9 Å². The number of ketones is 1. The van der Waals surface area contributed by atoms with Crippen LogP contribution in [0.5, 0.6) is 5.75 Å². The van der Waals surface area contributed by atoms with Gasteiger partial charge in [-0.3, -0.25) is 9.59 Å². The molecule has 0 fully saturated rings. The van der Waals surface area contributed by atoms with Gasteiger partial charge in [0.1, 0.15) is 17.5 Å². The lowest BCUT2D eigenvalue weighted by atomic mass is 9.85. The van der Waals surface area contributed by atoms with E-state index in [4.69, 9.17) is 4.74 Å². The largest absolute Gasteiger partial charge is 0.485 e. The number of aliphatic hydroxyl groups is 1. The molecule has 29 heavy (non-hydrogen) atoms. The minimum atomic E-state index is -4.58. The fourth-order valence-corrected chi connectivity index (χ4v) is 3.24. The second-order valence-electron chi connectivity index (χ2n) is 7.49. The SMILES string of the molecule is CC(=O)c1ccc2c(c1)[C@@H](NC(=O)c1cccc(C(F)(F)F)c1)[C@H](O)C(C)(C)O2. The van der Waals surface area contributed by atoms with Crippen LogP contribution in [0.4, 0.5) is 13.2 Å². The van der Waals surface area contributed by atoms with Crippen LogP contribution >= 0.6 is 0 Å². The third-order valence-electron chi connectivity index (χ3n) is 4.89. The lowest BCUT2D eigenvalue weighted by Crippen LogP contribution is -2.53. The fraction of sp³-hybridized carbons (Fsp3) is 0.333. The number of hydrogen-bond donors (Lipinski definition) is 2. The molecule has 154 valence electrons. The molecule has 1 aliphatic rings. The predicted octanol–water partition coefficient (Wildman–Crippen LogP) is 3.91. The van der Waals surface area contributed by atoms with Crippen molar-refractivity contribution in [1.82, 2.24) is 5.32 Å². The summed E-state index contributed by atoms with van der Waals surface area (Å²) in [5.74, 6) is -0.619. The number of hydrogen-bond acceptors (Lipinski definition) is 4. The van der Waals surface area contributed by atoms with Gasteiger partial charge in [-0.2, -0.15) is 13.2 Å². The zero-order chi connectivity index (χ0) is 21.6. The second kappa shape index (κ2) is 7.18. The Balaban J connectivity index is 1.98. The summed E-state index contributed by atoms with van der Waals surface area (Å²) in [5.41, 5.74) is -1.48. The molecule has 5 nitrogen and oxygen atoms in total. The number of ether oxygens (including phenoxy) is 1. The number of fused-ring (bicyclic) bond motifs is 1. The molecule has 2 aromatic rings. The van der Waals surface area contributed by atoms with Crippen molar-refractivity contribution < 1.29 is 32.6 Å². The lowest BCUT2D eigenvalue weighted by Gasteiger charge is -2.42. The average Bonchev–Trinajstić information content (AvgIpc) is 2.64. The molecule has 1 heterocycles. The third-order valence-corrected chi connectivity index (χ3v) is 4.89. The maximum atomic E-state index is 13.0. The first-order valence-electron chi connectivity index (χ1n) is 8.90. The van der Waals surface area contributed by atoms with E-state index in [0.717, 1.165) is 18.2 Å². The van der Waals surface area contributed by atoms with Crippen molar-refractivity contribution in [2.24, 2.45) is 0 Å². The zero-order valence-corrected chi connectivity index (χ0v) is 16.0. The van der Waals surface area contributed by atoms with E-state index in [1.54, 1.807) is 26.0 Å². The van der Waals surface area contributed by atoms with E-state index in [2.05, 4.69) is 5.32 Å². The lowest BCUT2D eigenvalue weighted by molar-refractivity contribution is -0.137. The minimum absolute atomic E-state index is 0.194. The normalized spacial score (nSPS) is 20.4. The molecule has 2 N–H and O–H groups in total. The molecule has 0 bridgehead atoms. The summed E-state index contributed by atoms with van der Waals surface area (Å²) in [7, 11) is 0. The van der Waals surface area contributed by atoms with Crippen molar-refractivity contribution in [2.45, 2.75) is 44.7 Å². The highest BCUT2D eigenvalue weighted by atomic mass is 19.4. The van der Waals surface area contributed by atoms with Gasteiger partial charge >= 0.3 is 6.18 Å². The monoisotopic (exact) mass is 407 g/mol. The van der Waals surface area contributed by atoms with Gasteiger partial charge in [0, 0.05) is 16.7 Å². The van der Waals surface area contributed by atoms with Gasteiger partial charge in [0.15, 0.2) is 5.78 Å². The van der Waals surface area contributed by atoms with E-state index in [1.807, 2.05) is 0 Å². The van der Waals surface area contributed by atoms with Gasteiger partial charge in [-0.15, -0.1) is 0 Å². The Bertz CT molecular complexity index is 969. The molecular weight excluding hydrogens is 387 g/mol. The van der Waals surface area contributed by atoms with Crippen LogP contribution in [0.25, 0.3) is 0 Å². The average molecular weight is 407 g/mol. The Morgan fingerprint density at radius 2 is 1.79 bits per heavy atom. The summed E-state index contributed by atoms with van der Waals surface area (Å²) in [6.07, 6.45) is -5.79. The smallest absolute Gasteiger partial charge is 0.416 e. The van der Waals surface area contributed by atoms with Crippen LogP contribution in [0.15, 0.2) is 42.5 Å². The highest BCUT2D eigenvalue weighted by Crippen LogP contribution is 2.40. The van der Waals surface area contributed by atoms with Crippen molar-refractivity contribution in [2.75, 3.05) is 0 Å². The van der Waals surface area contributed by atoms with Crippen molar-refractivity contribution >= 4 is 11.7 Å². The number of halogens is 3. The summed E-state index contributed by atoms with van der Waals surface area (Å²) >= 11 is 0. The molecule has 3 rings (SSSR count). The molecule has 1 aliphatic heterocycles. The minimum Gasteiger partial charge on any atom is -0.485 e. The molecule has 2 atom stereocenters. The van der Waals surface area contributed by atoms with E-state index >= 15 is 0 Å². The zero-order valence-electron chi connectivity index (χ0n) is 16.0. The maximum absolute atomic E-state index is 13.0. The number of aliphatic hydroxyl groups excluding tert-OH is 1. The first kappa shape index (κ1) is 20.9. The summed E-state index contributed by atoms with van der Waals surface area (Å²) in [6, 6.07) is 7.70. The summed E-state index contributed by atoms with van der Waals surface area (Å²) < 4.78 is 44.6. The number of nitrogens with one attached hydrogen (secondary N) is 1. The molecule has 0 saturated carbocycles. The summed E-state index contributed by atoms with van der Waals surface area (Å²) in [6.45, 7) is 4.63. The number of rotatable bonds is 3. The van der Waals surface area contributed by atoms with Crippen LogP contribution in [0.1, 0.15) is 58.7 Å². The van der Waals surface area contributed by atoms with Crippen LogP contribution in [0.2, 0.25) is 0 Å². The fourth-order valence-electron chi connectivity index (χ4n) is 3.24. The topological polar surface area (TPSA) is 75.6 Å². The van der Waals surface area contributed by atoms with Crippen molar-refractivity contribution in [1.29, 1.82) is 0 Å². The third kappa shape index (κ3) is 4.12. The van der Waals surface area contributed by atoms with Gasteiger partial charge in [0.2, 0.25) is 0 Å². The Labute approximate surface area is 165 Å². The Hall–Kier alpha value is -2.87. The van der Waals surface area contributed by atoms with Crippen LogP contribution < -0.4 is 10.1 Å². The maximum Gasteiger partial charge on any atom is 0.416 e. The molecule has 8 heteroatoms. The molecule has 0 unspecified atom stereocenters. The van der Waals surface area contributed by atoms with Gasteiger partial charge in [0.05, 0.1) is 11.6 Å². The molecular formula is C21H20F3NO4.